The molecule has 1 atom stereocenters. The van der Waals surface area contributed by atoms with Gasteiger partial charge in [0.2, 0.25) is 0 Å². The Morgan fingerprint density at radius 3 is 2.65 bits per heavy atom. The molecule has 1 aromatic carbocycles. The highest BCUT2D eigenvalue weighted by Crippen LogP contribution is 2.41. The zero-order valence-electron chi connectivity index (χ0n) is 14.0. The second-order valence-electron chi connectivity index (χ2n) is 6.29. The van der Waals surface area contributed by atoms with E-state index in [2.05, 4.69) is 20.7 Å². The molecule has 6 nitrogen and oxygen atoms in total. The van der Waals surface area contributed by atoms with Crippen LogP contribution in [0.25, 0.3) is 5.82 Å². The fraction of sp³-hybridized carbons (Fsp3) is 0.211. The van der Waals surface area contributed by atoms with E-state index >= 15 is 0 Å². The van der Waals surface area contributed by atoms with Crippen molar-refractivity contribution in [3.63, 3.8) is 0 Å². The summed E-state index contributed by atoms with van der Waals surface area (Å²) in [6, 6.07) is 12.7. The minimum absolute atomic E-state index is 0.0305. The zero-order valence-corrected chi connectivity index (χ0v) is 14.7. The molecule has 1 unspecified atom stereocenters. The van der Waals surface area contributed by atoms with Crippen LogP contribution in [0.5, 0.6) is 0 Å². The van der Waals surface area contributed by atoms with E-state index in [1.54, 1.807) is 35.4 Å². The van der Waals surface area contributed by atoms with Crippen LogP contribution >= 0.6 is 11.6 Å². The Kier molecular flexibility index (Phi) is 4.58. The number of nitrogens with one attached hydrogen (secondary N) is 2. The van der Waals surface area contributed by atoms with Crippen molar-refractivity contribution in [3.05, 3.63) is 71.6 Å². The molecule has 7 heteroatoms. The average Bonchev–Trinajstić information content (AvgIpc) is 3.35. The molecule has 0 saturated heterocycles. The first kappa shape index (κ1) is 16.6. The smallest absolute Gasteiger partial charge is 0.319 e. The van der Waals surface area contributed by atoms with Crippen LogP contribution < -0.4 is 10.6 Å². The molecule has 2 aromatic heterocycles. The summed E-state index contributed by atoms with van der Waals surface area (Å²) in [4.78, 5) is 16.9. The van der Waals surface area contributed by atoms with E-state index < -0.39 is 0 Å². The molecule has 1 aliphatic carbocycles. The Balaban J connectivity index is 1.51. The van der Waals surface area contributed by atoms with Crippen LogP contribution in [-0.2, 0) is 0 Å². The van der Waals surface area contributed by atoms with Gasteiger partial charge in [-0.3, -0.25) is 0 Å². The molecule has 2 heterocycles. The van der Waals surface area contributed by atoms with Crippen LogP contribution in [0, 0.1) is 5.92 Å². The van der Waals surface area contributed by atoms with Gasteiger partial charge in [-0.2, -0.15) is 5.10 Å². The normalized spacial score (nSPS) is 14.7. The molecule has 132 valence electrons. The van der Waals surface area contributed by atoms with E-state index in [4.69, 9.17) is 11.6 Å². The van der Waals surface area contributed by atoms with Crippen LogP contribution in [-0.4, -0.2) is 20.8 Å². The number of aromatic nitrogens is 3. The number of carbonyl (C=O) groups excluding carboxylic acids is 1. The number of hydrogen-bond acceptors (Lipinski definition) is 3. The summed E-state index contributed by atoms with van der Waals surface area (Å²) in [5.41, 5.74) is 1.66. The molecule has 3 aromatic rings. The number of anilines is 1. The van der Waals surface area contributed by atoms with Crippen molar-refractivity contribution in [2.45, 2.75) is 18.9 Å². The topological polar surface area (TPSA) is 71.8 Å². The van der Waals surface area contributed by atoms with Gasteiger partial charge in [-0.25, -0.2) is 14.5 Å². The fourth-order valence-corrected chi connectivity index (χ4v) is 3.07. The molecule has 1 saturated carbocycles. The van der Waals surface area contributed by atoms with Crippen molar-refractivity contribution in [3.8, 4) is 5.82 Å². The summed E-state index contributed by atoms with van der Waals surface area (Å²) >= 11 is 5.98. The van der Waals surface area contributed by atoms with Gasteiger partial charge in [0.05, 0.1) is 11.7 Å². The molecule has 4 rings (SSSR count). The zero-order chi connectivity index (χ0) is 17.9. The number of amides is 2. The Labute approximate surface area is 156 Å². The van der Waals surface area contributed by atoms with E-state index in [-0.39, 0.29) is 12.1 Å². The van der Waals surface area contributed by atoms with Crippen LogP contribution in [0.4, 0.5) is 10.5 Å². The molecule has 0 radical (unpaired) electrons. The van der Waals surface area contributed by atoms with E-state index in [1.807, 2.05) is 30.3 Å². The number of urea groups is 1. The van der Waals surface area contributed by atoms with Gasteiger partial charge in [0, 0.05) is 23.6 Å². The maximum Gasteiger partial charge on any atom is 0.319 e. The quantitative estimate of drug-likeness (QED) is 0.710. The van der Waals surface area contributed by atoms with Gasteiger partial charge in [0.1, 0.15) is 0 Å². The monoisotopic (exact) mass is 367 g/mol. The van der Waals surface area contributed by atoms with E-state index in [0.717, 1.165) is 18.4 Å². The summed E-state index contributed by atoms with van der Waals surface area (Å²) in [6.07, 6.45) is 7.34. The molecule has 0 aliphatic heterocycles. The summed E-state index contributed by atoms with van der Waals surface area (Å²) in [7, 11) is 0. The fourth-order valence-electron chi connectivity index (χ4n) is 2.94. The van der Waals surface area contributed by atoms with Crippen LogP contribution in [0.1, 0.15) is 24.4 Å². The maximum absolute atomic E-state index is 12.6. The molecule has 26 heavy (non-hydrogen) atoms. The van der Waals surface area contributed by atoms with Crippen molar-refractivity contribution < 1.29 is 4.79 Å². The Morgan fingerprint density at radius 1 is 1.15 bits per heavy atom. The Hall–Kier alpha value is -2.86. The second-order valence-corrected chi connectivity index (χ2v) is 6.73. The summed E-state index contributed by atoms with van der Waals surface area (Å²) in [5.74, 6) is 1.03. The summed E-state index contributed by atoms with van der Waals surface area (Å²) in [5, 5.41) is 10.8. The number of nitrogens with zero attached hydrogens (tertiary/aromatic N) is 3. The van der Waals surface area contributed by atoms with Gasteiger partial charge >= 0.3 is 6.03 Å². The molecule has 0 spiro atoms. The largest absolute Gasteiger partial charge is 0.331 e. The van der Waals surface area contributed by atoms with Gasteiger partial charge < -0.3 is 10.6 Å². The van der Waals surface area contributed by atoms with E-state index in [1.165, 1.54) is 0 Å². The van der Waals surface area contributed by atoms with Crippen LogP contribution in [0.3, 0.4) is 0 Å². The van der Waals surface area contributed by atoms with Crippen molar-refractivity contribution in [2.75, 3.05) is 5.32 Å². The molecule has 2 N–H and O–H groups in total. The maximum atomic E-state index is 12.6. The Morgan fingerprint density at radius 2 is 1.96 bits per heavy atom. The SMILES string of the molecule is O=C(Nc1cccnc1-n1cccn1)NC(c1ccc(Cl)cc1)C1CC1. The molecule has 2 amide bonds. The number of carbonyl (C=O) groups is 1. The standard InChI is InChI=1S/C19H18ClN5O/c20-15-8-6-14(7-9-15)17(13-4-5-13)24-19(26)23-16-3-1-10-21-18(16)25-12-2-11-22-25/h1-3,6-13,17H,4-5H2,(H2,23,24,26). The first-order valence-electron chi connectivity index (χ1n) is 8.49. The van der Waals surface area contributed by atoms with E-state index in [9.17, 15) is 4.79 Å². The van der Waals surface area contributed by atoms with Gasteiger partial charge in [0.25, 0.3) is 0 Å². The minimum Gasteiger partial charge on any atom is -0.331 e. The predicted molar refractivity (Wildman–Crippen MR) is 100 cm³/mol. The number of benzene rings is 1. The molecule has 0 bridgehead atoms. The predicted octanol–water partition coefficient (Wildman–Crippen LogP) is 4.19. The van der Waals surface area contributed by atoms with Gasteiger partial charge in [-0.1, -0.05) is 23.7 Å². The van der Waals surface area contributed by atoms with Gasteiger partial charge in [0.15, 0.2) is 5.82 Å². The number of pyridine rings is 1. The highest BCUT2D eigenvalue weighted by molar-refractivity contribution is 6.30. The lowest BCUT2D eigenvalue weighted by atomic mass is 10.0. The molecular formula is C19H18ClN5O. The van der Waals surface area contributed by atoms with Crippen LogP contribution in [0.15, 0.2) is 61.1 Å². The lowest BCUT2D eigenvalue weighted by Crippen LogP contribution is -2.34. The number of rotatable bonds is 5. The third kappa shape index (κ3) is 3.70. The molecule has 1 fully saturated rings. The highest BCUT2D eigenvalue weighted by atomic mass is 35.5. The molecular weight excluding hydrogens is 350 g/mol. The lowest BCUT2D eigenvalue weighted by Gasteiger charge is -2.20. The Bertz CT molecular complexity index is 891. The van der Waals surface area contributed by atoms with Gasteiger partial charge in [-0.15, -0.1) is 0 Å². The summed E-state index contributed by atoms with van der Waals surface area (Å²) < 4.78 is 1.62. The van der Waals surface area contributed by atoms with E-state index in [0.29, 0.717) is 22.4 Å². The van der Waals surface area contributed by atoms with Crippen molar-refractivity contribution in [1.82, 2.24) is 20.1 Å². The minimum atomic E-state index is -0.266. The first-order chi connectivity index (χ1) is 12.7. The van der Waals surface area contributed by atoms with Gasteiger partial charge in [-0.05, 0) is 54.7 Å². The van der Waals surface area contributed by atoms with Crippen molar-refractivity contribution in [2.24, 2.45) is 5.92 Å². The first-order valence-corrected chi connectivity index (χ1v) is 8.86. The third-order valence-electron chi connectivity index (χ3n) is 4.37. The lowest BCUT2D eigenvalue weighted by molar-refractivity contribution is 0.247. The third-order valence-corrected chi connectivity index (χ3v) is 4.62. The van der Waals surface area contributed by atoms with Crippen molar-refractivity contribution in [1.29, 1.82) is 0 Å². The average molecular weight is 368 g/mol. The number of halogens is 1. The number of hydrogen-bond donors (Lipinski definition) is 2. The highest BCUT2D eigenvalue weighted by Gasteiger charge is 2.33. The van der Waals surface area contributed by atoms with Crippen molar-refractivity contribution >= 4 is 23.3 Å². The van der Waals surface area contributed by atoms with Crippen LogP contribution in [0.2, 0.25) is 5.02 Å². The summed E-state index contributed by atoms with van der Waals surface area (Å²) in [6.45, 7) is 0. The second kappa shape index (κ2) is 7.17. The molecule has 1 aliphatic rings.